The van der Waals surface area contributed by atoms with Crippen LogP contribution in [0.4, 0.5) is 5.82 Å². The van der Waals surface area contributed by atoms with Crippen molar-refractivity contribution in [3.63, 3.8) is 0 Å². The molecule has 0 saturated carbocycles. The van der Waals surface area contributed by atoms with E-state index in [9.17, 15) is 0 Å². The van der Waals surface area contributed by atoms with Crippen LogP contribution in [0.1, 0.15) is 5.56 Å². The van der Waals surface area contributed by atoms with Crippen molar-refractivity contribution >= 4 is 16.7 Å². The smallest absolute Gasteiger partial charge is 0.131 e. The van der Waals surface area contributed by atoms with Gasteiger partial charge >= 0.3 is 0 Å². The zero-order valence-electron chi connectivity index (χ0n) is 11.5. The van der Waals surface area contributed by atoms with E-state index in [1.807, 2.05) is 42.2 Å². The standard InChI is InChI=1S/C15H16N4O/c1-16-15-12(10-19-7-3-6-17-19)8-11-4-5-13(20-2)9-14(11)18-15/h3-9H,10H2,1-2H3,(H,16,18). The number of fused-ring (bicyclic) bond motifs is 1. The van der Waals surface area contributed by atoms with E-state index in [1.54, 1.807) is 13.3 Å². The van der Waals surface area contributed by atoms with Gasteiger partial charge in [-0.05, 0) is 24.3 Å². The number of pyridine rings is 1. The Labute approximate surface area is 117 Å². The molecule has 2 aromatic heterocycles. The molecule has 0 fully saturated rings. The summed E-state index contributed by atoms with van der Waals surface area (Å²) in [5, 5.41) is 8.47. The fourth-order valence-corrected chi connectivity index (χ4v) is 2.22. The maximum atomic E-state index is 5.24. The molecule has 102 valence electrons. The van der Waals surface area contributed by atoms with E-state index in [2.05, 4.69) is 21.5 Å². The number of hydrogen-bond donors (Lipinski definition) is 1. The van der Waals surface area contributed by atoms with Crippen LogP contribution in [0.25, 0.3) is 10.9 Å². The number of aromatic nitrogens is 3. The molecule has 0 aliphatic carbocycles. The van der Waals surface area contributed by atoms with Gasteiger partial charge in [0, 0.05) is 36.5 Å². The molecule has 0 radical (unpaired) electrons. The summed E-state index contributed by atoms with van der Waals surface area (Å²) in [6, 6.07) is 9.95. The Balaban J connectivity index is 2.07. The molecule has 0 aliphatic rings. The van der Waals surface area contributed by atoms with Gasteiger partial charge in [0.05, 0.1) is 19.2 Å². The van der Waals surface area contributed by atoms with Crippen LogP contribution in [-0.4, -0.2) is 28.9 Å². The lowest BCUT2D eigenvalue weighted by Crippen LogP contribution is -2.05. The molecular weight excluding hydrogens is 252 g/mol. The first-order chi connectivity index (χ1) is 9.80. The van der Waals surface area contributed by atoms with E-state index in [1.165, 1.54) is 0 Å². The number of nitrogens with one attached hydrogen (secondary N) is 1. The highest BCUT2D eigenvalue weighted by atomic mass is 16.5. The lowest BCUT2D eigenvalue weighted by atomic mass is 10.1. The van der Waals surface area contributed by atoms with E-state index in [0.717, 1.165) is 28.0 Å². The van der Waals surface area contributed by atoms with Crippen molar-refractivity contribution < 1.29 is 4.74 Å². The van der Waals surface area contributed by atoms with Gasteiger partial charge in [-0.2, -0.15) is 5.10 Å². The van der Waals surface area contributed by atoms with Gasteiger partial charge < -0.3 is 10.1 Å². The molecule has 0 unspecified atom stereocenters. The normalized spacial score (nSPS) is 10.7. The molecule has 0 atom stereocenters. The highest BCUT2D eigenvalue weighted by molar-refractivity contribution is 5.83. The van der Waals surface area contributed by atoms with E-state index in [0.29, 0.717) is 6.54 Å². The largest absolute Gasteiger partial charge is 0.497 e. The summed E-state index contributed by atoms with van der Waals surface area (Å²) in [7, 11) is 3.53. The second-order valence-electron chi connectivity index (χ2n) is 4.51. The highest BCUT2D eigenvalue weighted by Crippen LogP contribution is 2.24. The molecule has 0 aliphatic heterocycles. The predicted octanol–water partition coefficient (Wildman–Crippen LogP) is 2.53. The minimum atomic E-state index is 0.693. The van der Waals surface area contributed by atoms with E-state index < -0.39 is 0 Å². The van der Waals surface area contributed by atoms with Crippen LogP contribution in [-0.2, 0) is 6.54 Å². The average Bonchev–Trinajstić information content (AvgIpc) is 2.99. The molecular formula is C15H16N4O. The third-order valence-corrected chi connectivity index (χ3v) is 3.23. The summed E-state index contributed by atoms with van der Waals surface area (Å²) < 4.78 is 7.12. The van der Waals surface area contributed by atoms with Gasteiger partial charge in [0.25, 0.3) is 0 Å². The summed E-state index contributed by atoms with van der Waals surface area (Å²) in [4.78, 5) is 4.65. The number of benzene rings is 1. The fourth-order valence-electron chi connectivity index (χ4n) is 2.22. The third-order valence-electron chi connectivity index (χ3n) is 3.23. The Morgan fingerprint density at radius 1 is 1.30 bits per heavy atom. The van der Waals surface area contributed by atoms with Crippen molar-refractivity contribution in [2.24, 2.45) is 0 Å². The molecule has 3 rings (SSSR count). The van der Waals surface area contributed by atoms with Crippen LogP contribution in [0.3, 0.4) is 0 Å². The Morgan fingerprint density at radius 2 is 2.20 bits per heavy atom. The van der Waals surface area contributed by atoms with E-state index in [-0.39, 0.29) is 0 Å². The number of rotatable bonds is 4. The predicted molar refractivity (Wildman–Crippen MR) is 79.2 cm³/mol. The lowest BCUT2D eigenvalue weighted by molar-refractivity contribution is 0.415. The number of ether oxygens (including phenoxy) is 1. The lowest BCUT2D eigenvalue weighted by Gasteiger charge is -2.11. The molecule has 5 nitrogen and oxygen atoms in total. The van der Waals surface area contributed by atoms with Crippen molar-refractivity contribution in [3.05, 3.63) is 48.3 Å². The molecule has 0 spiro atoms. The van der Waals surface area contributed by atoms with Gasteiger partial charge in [-0.15, -0.1) is 0 Å². The minimum absolute atomic E-state index is 0.693. The molecule has 0 saturated heterocycles. The van der Waals surface area contributed by atoms with Gasteiger partial charge in [0.2, 0.25) is 0 Å². The summed E-state index contributed by atoms with van der Waals surface area (Å²) in [5.74, 6) is 1.67. The summed E-state index contributed by atoms with van der Waals surface area (Å²) in [5.41, 5.74) is 2.02. The van der Waals surface area contributed by atoms with Gasteiger partial charge in [-0.1, -0.05) is 0 Å². The monoisotopic (exact) mass is 268 g/mol. The zero-order chi connectivity index (χ0) is 13.9. The quantitative estimate of drug-likeness (QED) is 0.790. The zero-order valence-corrected chi connectivity index (χ0v) is 11.5. The first kappa shape index (κ1) is 12.5. The Bertz CT molecular complexity index is 722. The third kappa shape index (κ3) is 2.30. The maximum absolute atomic E-state index is 5.24. The van der Waals surface area contributed by atoms with Crippen molar-refractivity contribution in [2.45, 2.75) is 6.54 Å². The Hall–Kier alpha value is -2.56. The van der Waals surface area contributed by atoms with Crippen LogP contribution >= 0.6 is 0 Å². The van der Waals surface area contributed by atoms with Crippen molar-refractivity contribution in [1.29, 1.82) is 0 Å². The second-order valence-corrected chi connectivity index (χ2v) is 4.51. The fraction of sp³-hybridized carbons (Fsp3) is 0.200. The minimum Gasteiger partial charge on any atom is -0.497 e. The number of nitrogens with zero attached hydrogens (tertiary/aromatic N) is 3. The van der Waals surface area contributed by atoms with Crippen LogP contribution in [0.5, 0.6) is 5.75 Å². The summed E-state index contributed by atoms with van der Waals surface area (Å²) in [6.07, 6.45) is 3.72. The van der Waals surface area contributed by atoms with Crippen LogP contribution in [0.2, 0.25) is 0 Å². The summed E-state index contributed by atoms with van der Waals surface area (Å²) in [6.45, 7) is 0.693. The maximum Gasteiger partial charge on any atom is 0.131 e. The molecule has 2 heterocycles. The van der Waals surface area contributed by atoms with Gasteiger partial charge in [0.1, 0.15) is 11.6 Å². The SMILES string of the molecule is CNc1nc2cc(OC)ccc2cc1Cn1cccn1. The van der Waals surface area contributed by atoms with Crippen LogP contribution in [0, 0.1) is 0 Å². The molecule has 0 bridgehead atoms. The van der Waals surface area contributed by atoms with E-state index in [4.69, 9.17) is 4.74 Å². The first-order valence-electron chi connectivity index (χ1n) is 6.43. The number of hydrogen-bond acceptors (Lipinski definition) is 4. The number of methoxy groups -OCH3 is 1. The number of anilines is 1. The Kier molecular flexibility index (Phi) is 3.25. The molecule has 0 amide bonds. The second kappa shape index (κ2) is 5.21. The van der Waals surface area contributed by atoms with Crippen molar-refractivity contribution in [2.75, 3.05) is 19.5 Å². The van der Waals surface area contributed by atoms with Crippen LogP contribution in [0.15, 0.2) is 42.7 Å². The first-order valence-corrected chi connectivity index (χ1v) is 6.43. The molecule has 3 aromatic rings. The summed E-state index contributed by atoms with van der Waals surface area (Å²) >= 11 is 0. The van der Waals surface area contributed by atoms with Gasteiger partial charge in [0.15, 0.2) is 0 Å². The molecule has 1 aromatic carbocycles. The Morgan fingerprint density at radius 3 is 2.90 bits per heavy atom. The molecule has 1 N–H and O–H groups in total. The molecule has 20 heavy (non-hydrogen) atoms. The molecule has 5 heteroatoms. The van der Waals surface area contributed by atoms with E-state index >= 15 is 0 Å². The average molecular weight is 268 g/mol. The van der Waals surface area contributed by atoms with Gasteiger partial charge in [-0.3, -0.25) is 4.68 Å². The van der Waals surface area contributed by atoms with Gasteiger partial charge in [-0.25, -0.2) is 4.98 Å². The topological polar surface area (TPSA) is 52.0 Å². The van der Waals surface area contributed by atoms with Crippen LogP contribution < -0.4 is 10.1 Å². The van der Waals surface area contributed by atoms with Crippen molar-refractivity contribution in [1.82, 2.24) is 14.8 Å². The van der Waals surface area contributed by atoms with Crippen molar-refractivity contribution in [3.8, 4) is 5.75 Å². The highest BCUT2D eigenvalue weighted by Gasteiger charge is 2.07.